The smallest absolute Gasteiger partial charge is 0.410 e. The van der Waals surface area contributed by atoms with E-state index in [2.05, 4.69) is 10.3 Å². The third-order valence-electron chi connectivity index (χ3n) is 6.20. The highest BCUT2D eigenvalue weighted by Crippen LogP contribution is 2.48. The summed E-state index contributed by atoms with van der Waals surface area (Å²) >= 11 is 0. The first-order chi connectivity index (χ1) is 17.1. The van der Waals surface area contributed by atoms with Crippen LogP contribution < -0.4 is 10.1 Å². The van der Waals surface area contributed by atoms with Crippen LogP contribution in [0.15, 0.2) is 36.5 Å². The summed E-state index contributed by atoms with van der Waals surface area (Å²) in [7, 11) is 3.29. The minimum absolute atomic E-state index is 0.0237. The number of nitrogens with one attached hydrogen (secondary N) is 1. The third-order valence-corrected chi connectivity index (χ3v) is 6.20. The quantitative estimate of drug-likeness (QED) is 0.498. The van der Waals surface area contributed by atoms with Crippen LogP contribution in [-0.2, 0) is 14.3 Å². The number of piperidine rings is 1. The van der Waals surface area contributed by atoms with Crippen molar-refractivity contribution >= 4 is 18.3 Å². The molecule has 1 aromatic heterocycles. The first-order valence-corrected chi connectivity index (χ1v) is 12.0. The molecule has 2 aliphatic heterocycles. The van der Waals surface area contributed by atoms with Gasteiger partial charge in [0.2, 0.25) is 0 Å². The molecule has 2 aromatic rings. The summed E-state index contributed by atoms with van der Waals surface area (Å²) in [6.07, 6.45) is 3.61. The van der Waals surface area contributed by atoms with Crippen molar-refractivity contribution in [1.29, 1.82) is 0 Å². The minimum Gasteiger partial charge on any atom is -0.483 e. The van der Waals surface area contributed by atoms with Crippen molar-refractivity contribution in [2.24, 2.45) is 0 Å². The van der Waals surface area contributed by atoms with E-state index in [9.17, 15) is 9.59 Å². The van der Waals surface area contributed by atoms with E-state index >= 15 is 0 Å². The van der Waals surface area contributed by atoms with Gasteiger partial charge in [-0.1, -0.05) is 12.1 Å². The van der Waals surface area contributed by atoms with Gasteiger partial charge in [-0.25, -0.2) is 9.59 Å². The molecule has 0 radical (unpaired) electrons. The van der Waals surface area contributed by atoms with Gasteiger partial charge in [-0.05, 0) is 52.9 Å². The Morgan fingerprint density at radius 2 is 1.81 bits per heavy atom. The van der Waals surface area contributed by atoms with Gasteiger partial charge in [0.25, 0.3) is 0 Å². The number of hydrogen-bond donors (Lipinski definition) is 1. The average Bonchev–Trinajstić information content (AvgIpc) is 3.15. The number of likely N-dealkylation sites (tertiary alicyclic amines) is 1. The summed E-state index contributed by atoms with van der Waals surface area (Å²) in [6.45, 7) is 8.19. The number of fused-ring (bicyclic) bond motifs is 1. The zero-order valence-corrected chi connectivity index (χ0v) is 21.8. The lowest BCUT2D eigenvalue weighted by molar-refractivity contribution is -0.106. The van der Waals surface area contributed by atoms with E-state index in [0.29, 0.717) is 31.5 Å². The van der Waals surface area contributed by atoms with Gasteiger partial charge in [-0.15, -0.1) is 0 Å². The number of methoxy groups -OCH3 is 1. The summed E-state index contributed by atoms with van der Waals surface area (Å²) < 4.78 is 16.8. The lowest BCUT2D eigenvalue weighted by Gasteiger charge is -2.42. The standard InChI is InChI=1S/C25H31N3O5.C2H4O/c1-24(2,3)33-23(30)28-12-10-25(11-13-28)21(26-4)18-14-19(27-15-20(18)32-25)16-6-8-17(9-7-16)22(29)31-5;1-2-3/h6-9,14-15,21,26H,10-13H2,1-5H3;2H,1H3. The van der Waals surface area contributed by atoms with Gasteiger partial charge in [0.1, 0.15) is 23.2 Å². The Morgan fingerprint density at radius 3 is 2.33 bits per heavy atom. The Hall–Kier alpha value is -3.46. The number of aromatic nitrogens is 1. The van der Waals surface area contributed by atoms with Crippen LogP contribution in [-0.4, -0.2) is 66.7 Å². The second kappa shape index (κ2) is 11.1. The second-order valence-corrected chi connectivity index (χ2v) is 9.77. The van der Waals surface area contributed by atoms with E-state index in [1.54, 1.807) is 23.2 Å². The number of carbonyl (C=O) groups excluding carboxylic acids is 3. The number of esters is 1. The Labute approximate surface area is 212 Å². The number of carbonyl (C=O) groups is 3. The second-order valence-electron chi connectivity index (χ2n) is 9.77. The predicted octanol–water partition coefficient (Wildman–Crippen LogP) is 4.16. The molecule has 2 aliphatic rings. The summed E-state index contributed by atoms with van der Waals surface area (Å²) in [6, 6.07) is 9.20. The number of benzene rings is 1. The van der Waals surface area contributed by atoms with Gasteiger partial charge in [-0.3, -0.25) is 4.98 Å². The molecule has 0 aliphatic carbocycles. The number of nitrogens with zero attached hydrogens (tertiary/aromatic N) is 2. The molecule has 1 aromatic carbocycles. The zero-order chi connectivity index (χ0) is 26.5. The molecule has 36 heavy (non-hydrogen) atoms. The molecular weight excluding hydrogens is 462 g/mol. The number of pyridine rings is 1. The van der Waals surface area contributed by atoms with Crippen molar-refractivity contribution in [2.75, 3.05) is 27.2 Å². The molecule has 0 saturated carbocycles. The molecule has 9 nitrogen and oxygen atoms in total. The largest absolute Gasteiger partial charge is 0.483 e. The molecule has 194 valence electrons. The highest BCUT2D eigenvalue weighted by Gasteiger charge is 2.50. The lowest BCUT2D eigenvalue weighted by Crippen LogP contribution is -2.53. The van der Waals surface area contributed by atoms with Crippen LogP contribution in [0.4, 0.5) is 4.79 Å². The molecule has 4 rings (SSSR count). The van der Waals surface area contributed by atoms with Gasteiger partial charge < -0.3 is 29.2 Å². The molecule has 3 heterocycles. The first-order valence-electron chi connectivity index (χ1n) is 12.0. The number of hydrogen-bond acceptors (Lipinski definition) is 8. The molecule has 9 heteroatoms. The summed E-state index contributed by atoms with van der Waals surface area (Å²) in [5.41, 5.74) is 2.29. The molecular formula is C27H35N3O6. The summed E-state index contributed by atoms with van der Waals surface area (Å²) in [4.78, 5) is 39.3. The molecule has 1 saturated heterocycles. The molecule has 1 fully saturated rings. The molecule has 0 bridgehead atoms. The van der Waals surface area contributed by atoms with E-state index in [1.165, 1.54) is 14.0 Å². The van der Waals surface area contributed by atoms with Gasteiger partial charge in [0.15, 0.2) is 0 Å². The van der Waals surface area contributed by atoms with Crippen LogP contribution in [0, 0.1) is 0 Å². The first kappa shape index (κ1) is 27.1. The van der Waals surface area contributed by atoms with E-state index in [1.807, 2.05) is 46.0 Å². The monoisotopic (exact) mass is 497 g/mol. The zero-order valence-electron chi connectivity index (χ0n) is 21.8. The van der Waals surface area contributed by atoms with Crippen molar-refractivity contribution in [3.05, 3.63) is 47.7 Å². The maximum absolute atomic E-state index is 12.5. The van der Waals surface area contributed by atoms with Crippen molar-refractivity contribution in [1.82, 2.24) is 15.2 Å². The Kier molecular flexibility index (Phi) is 8.35. The summed E-state index contributed by atoms with van der Waals surface area (Å²) in [5.74, 6) is 0.391. The van der Waals surface area contributed by atoms with E-state index < -0.39 is 11.2 Å². The number of ether oxygens (including phenoxy) is 3. The van der Waals surface area contributed by atoms with Gasteiger partial charge >= 0.3 is 12.1 Å². The summed E-state index contributed by atoms with van der Waals surface area (Å²) in [5, 5.41) is 3.42. The van der Waals surface area contributed by atoms with Crippen molar-refractivity contribution < 1.29 is 28.6 Å². The molecule has 1 spiro atoms. The van der Waals surface area contributed by atoms with Gasteiger partial charge in [0.05, 0.1) is 30.6 Å². The number of aldehydes is 1. The van der Waals surface area contributed by atoms with E-state index in [4.69, 9.17) is 19.0 Å². The van der Waals surface area contributed by atoms with Crippen molar-refractivity contribution in [3.63, 3.8) is 0 Å². The van der Waals surface area contributed by atoms with Crippen molar-refractivity contribution in [2.45, 2.75) is 57.8 Å². The number of likely N-dealkylation sites (N-methyl/N-ethyl adjacent to an activating group) is 1. The number of rotatable bonds is 3. The Balaban J connectivity index is 0.00000115. The fourth-order valence-corrected chi connectivity index (χ4v) is 4.59. The van der Waals surface area contributed by atoms with Crippen LogP contribution in [0.25, 0.3) is 11.3 Å². The maximum atomic E-state index is 12.5. The molecule has 1 amide bonds. The average molecular weight is 498 g/mol. The highest BCUT2D eigenvalue weighted by molar-refractivity contribution is 5.89. The topological polar surface area (TPSA) is 107 Å². The predicted molar refractivity (Wildman–Crippen MR) is 135 cm³/mol. The van der Waals surface area contributed by atoms with Crippen LogP contribution in [0.3, 0.4) is 0 Å². The van der Waals surface area contributed by atoms with Crippen LogP contribution >= 0.6 is 0 Å². The van der Waals surface area contributed by atoms with Crippen LogP contribution in [0.2, 0.25) is 0 Å². The fourth-order valence-electron chi connectivity index (χ4n) is 4.59. The van der Waals surface area contributed by atoms with Crippen LogP contribution in [0.5, 0.6) is 5.75 Å². The van der Waals surface area contributed by atoms with Gasteiger partial charge in [-0.2, -0.15) is 0 Å². The molecule has 1 atom stereocenters. The van der Waals surface area contributed by atoms with Crippen LogP contribution in [0.1, 0.15) is 62.5 Å². The lowest BCUT2D eigenvalue weighted by atomic mass is 9.82. The number of amides is 1. The normalized spacial score (nSPS) is 17.8. The highest BCUT2D eigenvalue weighted by atomic mass is 16.6. The maximum Gasteiger partial charge on any atom is 0.410 e. The van der Waals surface area contributed by atoms with Gasteiger partial charge in [0, 0.05) is 37.1 Å². The Bertz CT molecular complexity index is 1090. The minimum atomic E-state index is -0.517. The SMILES string of the molecule is CC=O.CNC1c2cc(-c3ccc(C(=O)OC)cc3)ncc2OC12CCN(C(=O)OC(C)(C)C)CC2. The van der Waals surface area contributed by atoms with E-state index in [0.717, 1.165) is 28.9 Å². The molecule has 1 N–H and O–H groups in total. The van der Waals surface area contributed by atoms with Crippen molar-refractivity contribution in [3.8, 4) is 17.0 Å². The van der Waals surface area contributed by atoms with E-state index in [-0.39, 0.29) is 18.1 Å². The molecule has 1 unspecified atom stereocenters. The fraction of sp³-hybridized carbons (Fsp3) is 0.481. The third kappa shape index (κ3) is 5.84. The Morgan fingerprint density at radius 1 is 1.19 bits per heavy atom.